The van der Waals surface area contributed by atoms with E-state index in [-0.39, 0.29) is 18.0 Å². The summed E-state index contributed by atoms with van der Waals surface area (Å²) in [6.07, 6.45) is 0. The summed E-state index contributed by atoms with van der Waals surface area (Å²) in [6, 6.07) is 23.2. The molecule has 0 atom stereocenters. The molecule has 0 radical (unpaired) electrons. The van der Waals surface area contributed by atoms with Gasteiger partial charge in [0.25, 0.3) is 0 Å². The molecule has 192 valence electrons. The van der Waals surface area contributed by atoms with Gasteiger partial charge in [-0.1, -0.05) is 89.6 Å². The average Bonchev–Trinajstić information content (AvgIpc) is 3.37. The van der Waals surface area contributed by atoms with Crippen molar-refractivity contribution in [3.05, 3.63) is 95.0 Å². The molecule has 2 N–H and O–H groups in total. The number of benzene rings is 3. The van der Waals surface area contributed by atoms with E-state index in [4.69, 9.17) is 11.6 Å². The molecule has 0 fully saturated rings. The van der Waals surface area contributed by atoms with Gasteiger partial charge in [0.05, 0.1) is 11.4 Å². The lowest BCUT2D eigenvalue weighted by Crippen LogP contribution is -2.41. The van der Waals surface area contributed by atoms with Crippen LogP contribution in [0, 0.1) is 6.92 Å². The molecule has 1 heterocycles. The molecule has 0 spiro atoms. The maximum absolute atomic E-state index is 13.4. The number of halogens is 1. The lowest BCUT2D eigenvalue weighted by molar-refractivity contribution is -0.121. The summed E-state index contributed by atoms with van der Waals surface area (Å²) in [5.41, 5.74) is 2.49. The van der Waals surface area contributed by atoms with E-state index in [1.807, 2.05) is 37.3 Å². The van der Waals surface area contributed by atoms with E-state index in [0.717, 1.165) is 15.4 Å². The Morgan fingerprint density at radius 1 is 1.03 bits per heavy atom. The van der Waals surface area contributed by atoms with Crippen molar-refractivity contribution in [3.8, 4) is 11.4 Å². The van der Waals surface area contributed by atoms with Gasteiger partial charge in [0, 0.05) is 29.4 Å². The van der Waals surface area contributed by atoms with E-state index in [1.165, 1.54) is 11.8 Å². The molecule has 1 aromatic heterocycles. The predicted molar refractivity (Wildman–Crippen MR) is 146 cm³/mol. The minimum atomic E-state index is -3.94. The minimum Gasteiger partial charge on any atom is -0.354 e. The van der Waals surface area contributed by atoms with Crippen LogP contribution in [0.1, 0.15) is 11.1 Å². The van der Waals surface area contributed by atoms with Gasteiger partial charge in [0.2, 0.25) is 21.1 Å². The SMILES string of the molecule is Cc1ccc(S(=O)(=O)N(CC(=O)NCCSc2n[nH]c(-c3ccccc3)n2)Cc2ccccc2Cl)cc1. The van der Waals surface area contributed by atoms with Crippen LogP contribution in [0.25, 0.3) is 11.4 Å². The van der Waals surface area contributed by atoms with Gasteiger partial charge in [-0.05, 0) is 30.7 Å². The topological polar surface area (TPSA) is 108 Å². The number of hydrogen-bond donors (Lipinski definition) is 2. The number of carbonyl (C=O) groups is 1. The highest BCUT2D eigenvalue weighted by Gasteiger charge is 2.27. The fraction of sp³-hybridized carbons (Fsp3) is 0.192. The van der Waals surface area contributed by atoms with Crippen molar-refractivity contribution in [3.63, 3.8) is 0 Å². The van der Waals surface area contributed by atoms with Gasteiger partial charge >= 0.3 is 0 Å². The quantitative estimate of drug-likeness (QED) is 0.208. The number of carbonyl (C=O) groups excluding carboxylic acids is 1. The number of rotatable bonds is 11. The van der Waals surface area contributed by atoms with E-state index >= 15 is 0 Å². The summed E-state index contributed by atoms with van der Waals surface area (Å²) in [7, 11) is -3.94. The Morgan fingerprint density at radius 2 is 1.73 bits per heavy atom. The van der Waals surface area contributed by atoms with Gasteiger partial charge in [-0.3, -0.25) is 9.89 Å². The summed E-state index contributed by atoms with van der Waals surface area (Å²) < 4.78 is 28.0. The number of thioether (sulfide) groups is 1. The maximum Gasteiger partial charge on any atom is 0.243 e. The number of aryl methyl sites for hydroxylation is 1. The Balaban J connectivity index is 1.37. The standard InChI is InChI=1S/C26H26ClN5O3S2/c1-19-11-13-22(14-12-19)37(34,35)32(17-21-9-5-6-10-23(21)27)18-24(33)28-15-16-36-26-29-25(30-31-26)20-7-3-2-4-8-20/h2-14H,15-18H2,1H3,(H,28,33)(H,29,30,31). The largest absolute Gasteiger partial charge is 0.354 e. The molecule has 0 aliphatic heterocycles. The number of amides is 1. The van der Waals surface area contributed by atoms with Crippen LogP contribution >= 0.6 is 23.4 Å². The second-order valence-electron chi connectivity index (χ2n) is 8.21. The van der Waals surface area contributed by atoms with Crippen molar-refractivity contribution in [1.29, 1.82) is 0 Å². The van der Waals surface area contributed by atoms with Crippen LogP contribution in [0.2, 0.25) is 5.02 Å². The first-order valence-corrected chi connectivity index (χ1v) is 14.3. The van der Waals surface area contributed by atoms with Gasteiger partial charge in [-0.15, -0.1) is 5.10 Å². The van der Waals surface area contributed by atoms with Crippen molar-refractivity contribution in [2.45, 2.75) is 23.5 Å². The first-order valence-electron chi connectivity index (χ1n) is 11.5. The van der Waals surface area contributed by atoms with Crippen LogP contribution in [-0.2, 0) is 21.4 Å². The predicted octanol–water partition coefficient (Wildman–Crippen LogP) is 4.53. The third-order valence-corrected chi connectivity index (χ3v) is 8.47. The molecule has 3 aromatic carbocycles. The summed E-state index contributed by atoms with van der Waals surface area (Å²) in [6.45, 7) is 1.83. The van der Waals surface area contributed by atoms with Crippen molar-refractivity contribution in [2.24, 2.45) is 0 Å². The summed E-state index contributed by atoms with van der Waals surface area (Å²) >= 11 is 7.67. The molecule has 4 rings (SSSR count). The molecular weight excluding hydrogens is 530 g/mol. The van der Waals surface area contributed by atoms with Gasteiger partial charge in [-0.25, -0.2) is 13.4 Å². The number of nitrogens with zero attached hydrogens (tertiary/aromatic N) is 3. The maximum atomic E-state index is 13.4. The second-order valence-corrected chi connectivity index (χ2v) is 11.6. The Kier molecular flexibility index (Phi) is 8.99. The monoisotopic (exact) mass is 555 g/mol. The molecule has 8 nitrogen and oxygen atoms in total. The lowest BCUT2D eigenvalue weighted by atomic mass is 10.2. The Bertz CT molecular complexity index is 1440. The third-order valence-electron chi connectivity index (χ3n) is 5.45. The molecule has 37 heavy (non-hydrogen) atoms. The summed E-state index contributed by atoms with van der Waals surface area (Å²) in [4.78, 5) is 17.3. The van der Waals surface area contributed by atoms with Crippen LogP contribution in [-0.4, -0.2) is 52.7 Å². The first-order chi connectivity index (χ1) is 17.8. The number of H-pyrrole nitrogens is 1. The zero-order valence-corrected chi connectivity index (χ0v) is 22.5. The van der Waals surface area contributed by atoms with Crippen molar-refractivity contribution >= 4 is 39.3 Å². The highest BCUT2D eigenvalue weighted by Crippen LogP contribution is 2.23. The second kappa shape index (κ2) is 12.4. The van der Waals surface area contributed by atoms with Crippen LogP contribution in [0.3, 0.4) is 0 Å². The van der Waals surface area contributed by atoms with Crippen LogP contribution < -0.4 is 5.32 Å². The smallest absolute Gasteiger partial charge is 0.243 e. The summed E-state index contributed by atoms with van der Waals surface area (Å²) in [5, 5.41) is 10.9. The van der Waals surface area contributed by atoms with Gasteiger partial charge in [-0.2, -0.15) is 4.31 Å². The third kappa shape index (κ3) is 7.20. The van der Waals surface area contributed by atoms with E-state index in [0.29, 0.717) is 33.9 Å². The molecular formula is C26H26ClN5O3S2. The Morgan fingerprint density at radius 3 is 2.46 bits per heavy atom. The lowest BCUT2D eigenvalue weighted by Gasteiger charge is -2.22. The normalized spacial score (nSPS) is 11.5. The molecule has 11 heteroatoms. The van der Waals surface area contributed by atoms with E-state index in [1.54, 1.807) is 48.5 Å². The fourth-order valence-corrected chi connectivity index (χ4v) is 5.71. The van der Waals surface area contributed by atoms with E-state index in [9.17, 15) is 13.2 Å². The number of sulfonamides is 1. The molecule has 4 aromatic rings. The van der Waals surface area contributed by atoms with Crippen molar-refractivity contribution in [2.75, 3.05) is 18.8 Å². The first kappa shape index (κ1) is 26.9. The number of aromatic amines is 1. The van der Waals surface area contributed by atoms with Crippen molar-refractivity contribution in [1.82, 2.24) is 24.8 Å². The van der Waals surface area contributed by atoms with Crippen LogP contribution in [0.5, 0.6) is 0 Å². The molecule has 0 unspecified atom stereocenters. The Labute approximate surface area is 225 Å². The van der Waals surface area contributed by atoms with Gasteiger partial charge in [0.15, 0.2) is 5.82 Å². The van der Waals surface area contributed by atoms with Gasteiger partial charge in [0.1, 0.15) is 0 Å². The highest BCUT2D eigenvalue weighted by atomic mass is 35.5. The molecule has 0 saturated carbocycles. The van der Waals surface area contributed by atoms with E-state index < -0.39 is 15.9 Å². The average molecular weight is 556 g/mol. The molecule has 0 saturated heterocycles. The highest BCUT2D eigenvalue weighted by molar-refractivity contribution is 7.99. The number of aromatic nitrogens is 3. The fourth-order valence-electron chi connectivity index (χ4n) is 3.49. The van der Waals surface area contributed by atoms with Gasteiger partial charge < -0.3 is 5.32 Å². The minimum absolute atomic E-state index is 0.0303. The molecule has 0 bridgehead atoms. The summed E-state index contributed by atoms with van der Waals surface area (Å²) in [5.74, 6) is 0.777. The molecule has 0 aliphatic rings. The zero-order chi connectivity index (χ0) is 26.3. The molecule has 1 amide bonds. The number of hydrogen-bond acceptors (Lipinski definition) is 6. The Hall–Kier alpha value is -3.18. The molecule has 0 aliphatic carbocycles. The van der Waals surface area contributed by atoms with Crippen LogP contribution in [0.4, 0.5) is 0 Å². The van der Waals surface area contributed by atoms with E-state index in [2.05, 4.69) is 20.5 Å². The van der Waals surface area contributed by atoms with Crippen LogP contribution in [0.15, 0.2) is 88.9 Å². The number of nitrogens with one attached hydrogen (secondary N) is 2. The zero-order valence-electron chi connectivity index (χ0n) is 20.1. The van der Waals surface area contributed by atoms with Crippen molar-refractivity contribution < 1.29 is 13.2 Å².